The number of likely N-dealkylation sites (tertiary alicyclic amines) is 1. The highest BCUT2D eigenvalue weighted by molar-refractivity contribution is 5.42. The highest BCUT2D eigenvalue weighted by atomic mass is 16.5. The molecule has 0 bridgehead atoms. The number of nitrogens with zero attached hydrogens (tertiary/aromatic N) is 4. The fraction of sp³-hybridized carbons (Fsp3) is 0.438. The van der Waals surface area contributed by atoms with E-state index in [0.29, 0.717) is 12.4 Å². The van der Waals surface area contributed by atoms with Gasteiger partial charge in [-0.25, -0.2) is 0 Å². The van der Waals surface area contributed by atoms with Crippen LogP contribution in [0.1, 0.15) is 30.3 Å². The van der Waals surface area contributed by atoms with E-state index in [0.717, 1.165) is 36.4 Å². The molecule has 0 aliphatic carbocycles. The summed E-state index contributed by atoms with van der Waals surface area (Å²) >= 11 is 0. The second kappa shape index (κ2) is 6.88. The Bertz CT molecular complexity index is 703. The van der Waals surface area contributed by atoms with Crippen molar-refractivity contribution >= 4 is 11.9 Å². The van der Waals surface area contributed by atoms with Gasteiger partial charge in [0.25, 0.3) is 0 Å². The summed E-state index contributed by atoms with van der Waals surface area (Å²) in [5.41, 5.74) is 12.4. The lowest BCUT2D eigenvalue weighted by Gasteiger charge is -2.25. The van der Waals surface area contributed by atoms with Crippen LogP contribution in [0.15, 0.2) is 18.2 Å². The van der Waals surface area contributed by atoms with Gasteiger partial charge in [0.1, 0.15) is 17.3 Å². The van der Waals surface area contributed by atoms with Gasteiger partial charge >= 0.3 is 0 Å². The standard InChI is InChI=1S/C16H22N6O2/c1-23-10-5-6-13(24-2)11(8-10)12-4-3-7-22(12)9-14-19-15(17)21-16(18)20-14/h5-6,8,12H,3-4,7,9H2,1-2H3,(H4,17,18,19,20,21)/t12-/m1/s1. The Labute approximate surface area is 140 Å². The Hall–Kier alpha value is -2.61. The van der Waals surface area contributed by atoms with Gasteiger partial charge in [-0.15, -0.1) is 0 Å². The summed E-state index contributed by atoms with van der Waals surface area (Å²) in [6, 6.07) is 6.06. The topological polar surface area (TPSA) is 112 Å². The van der Waals surface area contributed by atoms with Crippen LogP contribution in [0.4, 0.5) is 11.9 Å². The normalized spacial score (nSPS) is 17.8. The molecule has 8 heteroatoms. The van der Waals surface area contributed by atoms with Crippen molar-refractivity contribution < 1.29 is 9.47 Å². The number of ether oxygens (including phenoxy) is 2. The molecule has 2 aromatic rings. The molecule has 0 spiro atoms. The minimum absolute atomic E-state index is 0.146. The van der Waals surface area contributed by atoms with E-state index in [1.165, 1.54) is 0 Å². The van der Waals surface area contributed by atoms with Gasteiger partial charge in [0.15, 0.2) is 0 Å². The van der Waals surface area contributed by atoms with Crippen molar-refractivity contribution in [3.63, 3.8) is 0 Å². The summed E-state index contributed by atoms with van der Waals surface area (Å²) in [4.78, 5) is 14.5. The van der Waals surface area contributed by atoms with E-state index in [4.69, 9.17) is 20.9 Å². The summed E-state index contributed by atoms with van der Waals surface area (Å²) in [6.07, 6.45) is 2.11. The first-order valence-corrected chi connectivity index (χ1v) is 7.82. The third-order valence-corrected chi connectivity index (χ3v) is 4.22. The van der Waals surface area contributed by atoms with E-state index in [1.807, 2.05) is 18.2 Å². The van der Waals surface area contributed by atoms with Gasteiger partial charge in [0, 0.05) is 11.6 Å². The number of anilines is 2. The van der Waals surface area contributed by atoms with Crippen LogP contribution in [0.5, 0.6) is 11.5 Å². The highest BCUT2D eigenvalue weighted by Gasteiger charge is 2.29. The molecule has 1 aromatic heterocycles. The summed E-state index contributed by atoms with van der Waals surface area (Å²) in [5, 5.41) is 0. The first-order chi connectivity index (χ1) is 11.6. The Balaban J connectivity index is 1.88. The number of rotatable bonds is 5. The number of hydrogen-bond donors (Lipinski definition) is 2. The average molecular weight is 330 g/mol. The summed E-state index contributed by atoms with van der Waals surface area (Å²) < 4.78 is 10.9. The highest BCUT2D eigenvalue weighted by Crippen LogP contribution is 2.39. The zero-order valence-corrected chi connectivity index (χ0v) is 13.9. The van der Waals surface area contributed by atoms with Gasteiger partial charge < -0.3 is 20.9 Å². The van der Waals surface area contributed by atoms with E-state index in [9.17, 15) is 0 Å². The molecule has 1 saturated heterocycles. The maximum Gasteiger partial charge on any atom is 0.225 e. The minimum Gasteiger partial charge on any atom is -0.497 e. The molecule has 1 atom stereocenters. The van der Waals surface area contributed by atoms with Gasteiger partial charge in [0.2, 0.25) is 11.9 Å². The molecule has 8 nitrogen and oxygen atoms in total. The van der Waals surface area contributed by atoms with E-state index in [2.05, 4.69) is 19.9 Å². The molecule has 3 rings (SSSR count). The second-order valence-corrected chi connectivity index (χ2v) is 5.70. The lowest BCUT2D eigenvalue weighted by molar-refractivity contribution is 0.236. The van der Waals surface area contributed by atoms with Crippen LogP contribution in [-0.2, 0) is 6.54 Å². The van der Waals surface area contributed by atoms with Gasteiger partial charge in [-0.2, -0.15) is 15.0 Å². The Morgan fingerprint density at radius 1 is 1.12 bits per heavy atom. The monoisotopic (exact) mass is 330 g/mol. The van der Waals surface area contributed by atoms with E-state index in [-0.39, 0.29) is 17.9 Å². The summed E-state index contributed by atoms with van der Waals surface area (Å²) in [6.45, 7) is 1.50. The van der Waals surface area contributed by atoms with Crippen molar-refractivity contribution in [1.29, 1.82) is 0 Å². The molecular weight excluding hydrogens is 308 g/mol. The van der Waals surface area contributed by atoms with Gasteiger partial charge in [-0.05, 0) is 37.6 Å². The van der Waals surface area contributed by atoms with E-state index in [1.54, 1.807) is 14.2 Å². The van der Waals surface area contributed by atoms with E-state index < -0.39 is 0 Å². The molecule has 1 aliphatic rings. The van der Waals surface area contributed by atoms with Gasteiger partial charge in [-0.1, -0.05) is 0 Å². The molecule has 24 heavy (non-hydrogen) atoms. The molecule has 0 amide bonds. The molecule has 1 aromatic carbocycles. The maximum atomic E-state index is 5.67. The smallest absolute Gasteiger partial charge is 0.225 e. The zero-order chi connectivity index (χ0) is 17.1. The Morgan fingerprint density at radius 2 is 1.88 bits per heavy atom. The van der Waals surface area contributed by atoms with Crippen LogP contribution in [0.3, 0.4) is 0 Å². The molecule has 128 valence electrons. The lowest BCUT2D eigenvalue weighted by Crippen LogP contribution is -2.25. The predicted molar refractivity (Wildman–Crippen MR) is 90.6 cm³/mol. The molecule has 0 unspecified atom stereocenters. The fourth-order valence-corrected chi connectivity index (χ4v) is 3.18. The third kappa shape index (κ3) is 3.33. The van der Waals surface area contributed by atoms with Crippen molar-refractivity contribution in [1.82, 2.24) is 19.9 Å². The van der Waals surface area contributed by atoms with Crippen molar-refractivity contribution in [3.05, 3.63) is 29.6 Å². The van der Waals surface area contributed by atoms with Crippen LogP contribution in [0.2, 0.25) is 0 Å². The van der Waals surface area contributed by atoms with Crippen molar-refractivity contribution in [2.75, 3.05) is 32.2 Å². The van der Waals surface area contributed by atoms with Crippen molar-refractivity contribution in [2.45, 2.75) is 25.4 Å². The Kier molecular flexibility index (Phi) is 4.66. The van der Waals surface area contributed by atoms with Crippen LogP contribution in [0, 0.1) is 0 Å². The lowest BCUT2D eigenvalue weighted by atomic mass is 10.0. The molecule has 0 saturated carbocycles. The molecular formula is C16H22N6O2. The van der Waals surface area contributed by atoms with Crippen LogP contribution >= 0.6 is 0 Å². The van der Waals surface area contributed by atoms with Crippen LogP contribution < -0.4 is 20.9 Å². The number of aromatic nitrogens is 3. The quantitative estimate of drug-likeness (QED) is 0.845. The van der Waals surface area contributed by atoms with Crippen molar-refractivity contribution in [3.8, 4) is 11.5 Å². The molecule has 1 aliphatic heterocycles. The van der Waals surface area contributed by atoms with E-state index >= 15 is 0 Å². The number of methoxy groups -OCH3 is 2. The molecule has 0 radical (unpaired) electrons. The van der Waals surface area contributed by atoms with Gasteiger partial charge in [-0.3, -0.25) is 4.90 Å². The van der Waals surface area contributed by atoms with Crippen LogP contribution in [0.25, 0.3) is 0 Å². The summed E-state index contributed by atoms with van der Waals surface area (Å²) in [7, 11) is 3.34. The molecule has 2 heterocycles. The second-order valence-electron chi connectivity index (χ2n) is 5.70. The number of benzene rings is 1. The first-order valence-electron chi connectivity index (χ1n) is 7.82. The molecule has 1 fully saturated rings. The number of nitrogens with two attached hydrogens (primary N) is 2. The SMILES string of the molecule is COc1ccc(OC)c([C@H]2CCCN2Cc2nc(N)nc(N)n2)c1. The third-order valence-electron chi connectivity index (χ3n) is 4.22. The first kappa shape index (κ1) is 16.3. The number of hydrogen-bond acceptors (Lipinski definition) is 8. The number of nitrogen functional groups attached to an aromatic ring is 2. The average Bonchev–Trinajstić information content (AvgIpc) is 3.01. The zero-order valence-electron chi connectivity index (χ0n) is 13.9. The van der Waals surface area contributed by atoms with Gasteiger partial charge in [0.05, 0.1) is 20.8 Å². The Morgan fingerprint density at radius 3 is 2.54 bits per heavy atom. The fourth-order valence-electron chi connectivity index (χ4n) is 3.18. The largest absolute Gasteiger partial charge is 0.497 e. The predicted octanol–water partition coefficient (Wildman–Crippen LogP) is 1.39. The van der Waals surface area contributed by atoms with Crippen molar-refractivity contribution in [2.24, 2.45) is 0 Å². The summed E-state index contributed by atoms with van der Waals surface area (Å²) in [5.74, 6) is 2.53. The maximum absolute atomic E-state index is 5.67. The van der Waals surface area contributed by atoms with Crippen LogP contribution in [-0.4, -0.2) is 40.6 Å². The minimum atomic E-state index is 0.146. The molecule has 4 N–H and O–H groups in total.